The monoisotopic (exact) mass is 544 g/mol. The number of aromatic nitrogens is 1. The number of halogens is 1. The summed E-state index contributed by atoms with van der Waals surface area (Å²) in [5.41, 5.74) is 6.85. The number of amides is 1. The fraction of sp³-hybridized carbons (Fsp3) is 0.292. The number of hydrogen-bond donors (Lipinski definition) is 1. The number of hydrogen-bond acceptors (Lipinski definition) is 7. The molecular formula is C24H25BrN4O2S2. The Balaban J connectivity index is 1.44. The van der Waals surface area contributed by atoms with Crippen LogP contribution in [0.5, 0.6) is 0 Å². The van der Waals surface area contributed by atoms with Gasteiger partial charge in [0.2, 0.25) is 5.91 Å². The van der Waals surface area contributed by atoms with Gasteiger partial charge in [-0.2, -0.15) is 5.10 Å². The molecule has 1 amide bonds. The number of thioether (sulfide) groups is 1. The van der Waals surface area contributed by atoms with E-state index in [0.717, 1.165) is 54.9 Å². The van der Waals surface area contributed by atoms with Gasteiger partial charge in [0, 0.05) is 28.0 Å². The van der Waals surface area contributed by atoms with Crippen molar-refractivity contribution in [2.24, 2.45) is 5.10 Å². The van der Waals surface area contributed by atoms with Gasteiger partial charge < -0.3 is 9.64 Å². The highest BCUT2D eigenvalue weighted by atomic mass is 79.9. The molecule has 33 heavy (non-hydrogen) atoms. The van der Waals surface area contributed by atoms with Crippen molar-refractivity contribution >= 4 is 56.3 Å². The highest BCUT2D eigenvalue weighted by molar-refractivity contribution is 9.10. The van der Waals surface area contributed by atoms with Crippen LogP contribution in [0.4, 0.5) is 5.13 Å². The number of thiazole rings is 1. The lowest BCUT2D eigenvalue weighted by atomic mass is 10.1. The molecule has 1 saturated heterocycles. The maximum Gasteiger partial charge on any atom is 0.250 e. The van der Waals surface area contributed by atoms with Gasteiger partial charge in [-0.1, -0.05) is 57.6 Å². The molecule has 0 atom stereocenters. The second-order valence-electron chi connectivity index (χ2n) is 7.62. The van der Waals surface area contributed by atoms with Crippen molar-refractivity contribution in [3.8, 4) is 11.3 Å². The Morgan fingerprint density at radius 1 is 1.24 bits per heavy atom. The number of carbonyl (C=O) groups excluding carboxylic acids is 1. The Labute approximate surface area is 210 Å². The summed E-state index contributed by atoms with van der Waals surface area (Å²) in [6.07, 6.45) is 1.70. The van der Waals surface area contributed by atoms with Gasteiger partial charge in [-0.15, -0.1) is 11.8 Å². The highest BCUT2D eigenvalue weighted by Crippen LogP contribution is 2.32. The van der Waals surface area contributed by atoms with E-state index < -0.39 is 0 Å². The van der Waals surface area contributed by atoms with Gasteiger partial charge in [0.05, 0.1) is 35.8 Å². The number of anilines is 1. The predicted octanol–water partition coefficient (Wildman–Crippen LogP) is 5.27. The molecule has 3 aromatic rings. The van der Waals surface area contributed by atoms with E-state index in [1.165, 1.54) is 11.8 Å². The molecule has 1 aliphatic rings. The molecule has 1 aliphatic heterocycles. The summed E-state index contributed by atoms with van der Waals surface area (Å²) >= 11 is 6.63. The van der Waals surface area contributed by atoms with E-state index in [-0.39, 0.29) is 5.91 Å². The van der Waals surface area contributed by atoms with Gasteiger partial charge in [-0.25, -0.2) is 10.4 Å². The van der Waals surface area contributed by atoms with E-state index >= 15 is 0 Å². The number of nitrogens with one attached hydrogen (secondary N) is 1. The van der Waals surface area contributed by atoms with Crippen LogP contribution in [0.25, 0.3) is 11.3 Å². The highest BCUT2D eigenvalue weighted by Gasteiger charge is 2.19. The minimum atomic E-state index is -0.143. The van der Waals surface area contributed by atoms with Gasteiger partial charge in [-0.05, 0) is 37.1 Å². The van der Waals surface area contributed by atoms with Gasteiger partial charge in [-0.3, -0.25) is 4.79 Å². The first-order valence-corrected chi connectivity index (χ1v) is 13.2. The molecule has 0 spiro atoms. The van der Waals surface area contributed by atoms with Crippen LogP contribution in [-0.2, 0) is 9.53 Å². The molecule has 2 heterocycles. The first kappa shape index (κ1) is 23.9. The van der Waals surface area contributed by atoms with Gasteiger partial charge >= 0.3 is 0 Å². The van der Waals surface area contributed by atoms with E-state index in [4.69, 9.17) is 9.72 Å². The first-order valence-electron chi connectivity index (χ1n) is 10.6. The lowest BCUT2D eigenvalue weighted by molar-refractivity contribution is -0.118. The van der Waals surface area contributed by atoms with E-state index in [1.807, 2.05) is 44.2 Å². The van der Waals surface area contributed by atoms with E-state index in [2.05, 4.69) is 43.5 Å². The number of rotatable bonds is 7. The summed E-state index contributed by atoms with van der Waals surface area (Å²) in [6, 6.07) is 14.2. The number of benzene rings is 2. The molecule has 0 radical (unpaired) electrons. The molecule has 9 heteroatoms. The number of aryl methyl sites for hydroxylation is 2. The SMILES string of the molecule is Cc1cc(SCC(=O)N/N=C\c2sc(N3CCOCC3)nc2-c2ccccc2)c(C)cc1Br. The van der Waals surface area contributed by atoms with Crippen LogP contribution in [0, 0.1) is 13.8 Å². The van der Waals surface area contributed by atoms with Crippen LogP contribution in [0.15, 0.2) is 56.9 Å². The number of ether oxygens (including phenoxy) is 1. The summed E-state index contributed by atoms with van der Waals surface area (Å²) in [7, 11) is 0. The quantitative estimate of drug-likeness (QED) is 0.249. The van der Waals surface area contributed by atoms with Crippen molar-refractivity contribution in [3.05, 3.63) is 62.9 Å². The second kappa shape index (κ2) is 11.3. The largest absolute Gasteiger partial charge is 0.378 e. The third kappa shape index (κ3) is 6.23. The normalized spacial score (nSPS) is 14.1. The van der Waals surface area contributed by atoms with Crippen LogP contribution in [0.2, 0.25) is 0 Å². The summed E-state index contributed by atoms with van der Waals surface area (Å²) in [5, 5.41) is 5.18. The van der Waals surface area contributed by atoms with Crippen LogP contribution in [0.3, 0.4) is 0 Å². The standard InChI is InChI=1S/C24H25BrN4O2S2/c1-16-13-20(17(2)12-19(16)25)32-15-22(30)28-26-14-21-23(18-6-4-3-5-7-18)27-24(33-21)29-8-10-31-11-9-29/h3-7,12-14H,8-11,15H2,1-2H3,(H,28,30)/b26-14-. The fourth-order valence-electron chi connectivity index (χ4n) is 3.35. The lowest BCUT2D eigenvalue weighted by Gasteiger charge is -2.26. The van der Waals surface area contributed by atoms with Crippen LogP contribution >= 0.6 is 39.0 Å². The minimum absolute atomic E-state index is 0.143. The minimum Gasteiger partial charge on any atom is -0.378 e. The number of nitrogens with zero attached hydrogens (tertiary/aromatic N) is 3. The molecule has 0 saturated carbocycles. The van der Waals surface area contributed by atoms with Crippen LogP contribution in [0.1, 0.15) is 16.0 Å². The van der Waals surface area contributed by atoms with E-state index in [9.17, 15) is 4.79 Å². The molecular weight excluding hydrogens is 520 g/mol. The van der Waals surface area contributed by atoms with Crippen molar-refractivity contribution in [2.75, 3.05) is 37.0 Å². The number of hydrazone groups is 1. The zero-order chi connectivity index (χ0) is 23.2. The maximum atomic E-state index is 12.4. The maximum absolute atomic E-state index is 12.4. The summed E-state index contributed by atoms with van der Waals surface area (Å²) in [5.74, 6) is 0.155. The van der Waals surface area contributed by atoms with Crippen molar-refractivity contribution in [1.82, 2.24) is 10.4 Å². The third-order valence-electron chi connectivity index (χ3n) is 5.16. The number of carbonyl (C=O) groups is 1. The molecule has 1 fully saturated rings. The van der Waals surface area contributed by atoms with Crippen molar-refractivity contribution < 1.29 is 9.53 Å². The van der Waals surface area contributed by atoms with Gasteiger partial charge in [0.15, 0.2) is 5.13 Å². The summed E-state index contributed by atoms with van der Waals surface area (Å²) in [6.45, 7) is 7.14. The van der Waals surface area contributed by atoms with Crippen LogP contribution < -0.4 is 10.3 Å². The third-order valence-corrected chi connectivity index (χ3v) is 8.22. The zero-order valence-corrected chi connectivity index (χ0v) is 21.7. The smallest absolute Gasteiger partial charge is 0.250 e. The molecule has 2 aromatic carbocycles. The second-order valence-corrected chi connectivity index (χ2v) is 10.5. The fourth-order valence-corrected chi connectivity index (χ4v) is 5.72. The van der Waals surface area contributed by atoms with Gasteiger partial charge in [0.25, 0.3) is 0 Å². The molecule has 6 nitrogen and oxygen atoms in total. The Kier molecular flexibility index (Phi) is 8.19. The van der Waals surface area contributed by atoms with Crippen molar-refractivity contribution in [2.45, 2.75) is 18.7 Å². The molecule has 0 aliphatic carbocycles. The molecule has 0 bridgehead atoms. The molecule has 172 valence electrons. The Bertz CT molecular complexity index is 1140. The van der Waals surface area contributed by atoms with E-state index in [0.29, 0.717) is 19.0 Å². The van der Waals surface area contributed by atoms with Gasteiger partial charge in [0.1, 0.15) is 0 Å². The van der Waals surface area contributed by atoms with Crippen LogP contribution in [-0.4, -0.2) is 49.2 Å². The average molecular weight is 546 g/mol. The molecule has 1 N–H and O–H groups in total. The summed E-state index contributed by atoms with van der Waals surface area (Å²) < 4.78 is 6.54. The Hall–Kier alpha value is -2.20. The van der Waals surface area contributed by atoms with Crippen molar-refractivity contribution in [1.29, 1.82) is 0 Å². The first-order chi connectivity index (χ1) is 16.0. The zero-order valence-electron chi connectivity index (χ0n) is 18.5. The number of morpholine rings is 1. The van der Waals surface area contributed by atoms with E-state index in [1.54, 1.807) is 17.6 Å². The Morgan fingerprint density at radius 3 is 2.76 bits per heavy atom. The topological polar surface area (TPSA) is 66.8 Å². The predicted molar refractivity (Wildman–Crippen MR) is 141 cm³/mol. The van der Waals surface area contributed by atoms with Crippen molar-refractivity contribution in [3.63, 3.8) is 0 Å². The average Bonchev–Trinajstić information content (AvgIpc) is 3.26. The molecule has 4 rings (SSSR count). The molecule has 0 unspecified atom stereocenters. The lowest BCUT2D eigenvalue weighted by Crippen LogP contribution is -2.36. The summed E-state index contributed by atoms with van der Waals surface area (Å²) in [4.78, 5) is 21.5. The molecule has 1 aromatic heterocycles. The Morgan fingerprint density at radius 2 is 2.00 bits per heavy atom.